The van der Waals surface area contributed by atoms with Crippen molar-refractivity contribution in [1.29, 1.82) is 0 Å². The molecule has 1 fully saturated rings. The largest absolute Gasteiger partial charge is 0.408 e. The maximum absolute atomic E-state index is 17.6. The second-order valence-electron chi connectivity index (χ2n) is 16.5. The van der Waals surface area contributed by atoms with Crippen LogP contribution in [0.4, 0.5) is 16.2 Å². The SMILES string of the molecule is CNc1nc(NC(=O)C(C)C)nc2c1ncn2[C@@H]1O[C@](CI)(CO[Si](c2ccccc2)(c2ccccc2)C(C)(C)C)[C@@H](O[Si](C)(C)C(C)(C)C)[C@H]1F. The molecule has 1 aliphatic heterocycles. The number of halogens is 2. The molecule has 2 aromatic heterocycles. The molecule has 1 aliphatic rings. The number of hydrogen-bond donors (Lipinski definition) is 2. The highest BCUT2D eigenvalue weighted by molar-refractivity contribution is 14.1. The predicted molar refractivity (Wildman–Crippen MR) is 221 cm³/mol. The van der Waals surface area contributed by atoms with Crippen molar-refractivity contribution in [2.45, 2.75) is 103 Å². The van der Waals surface area contributed by atoms with E-state index >= 15 is 4.39 Å². The van der Waals surface area contributed by atoms with E-state index in [-0.39, 0.29) is 34.5 Å². The molecule has 282 valence electrons. The Bertz CT molecular complexity index is 1810. The van der Waals surface area contributed by atoms with Crippen LogP contribution in [0.25, 0.3) is 11.2 Å². The second-order valence-corrected chi connectivity index (χ2v) is 26.3. The highest BCUT2D eigenvalue weighted by Gasteiger charge is 2.61. The number of benzene rings is 2. The minimum absolute atomic E-state index is 0.0925. The van der Waals surface area contributed by atoms with Crippen LogP contribution < -0.4 is 21.0 Å². The third kappa shape index (κ3) is 7.47. The highest BCUT2D eigenvalue weighted by atomic mass is 127. The Labute approximate surface area is 323 Å². The van der Waals surface area contributed by atoms with Gasteiger partial charge < -0.3 is 18.9 Å². The van der Waals surface area contributed by atoms with E-state index < -0.39 is 40.7 Å². The van der Waals surface area contributed by atoms with Gasteiger partial charge in [-0.25, -0.2) is 9.37 Å². The van der Waals surface area contributed by atoms with E-state index in [0.717, 1.165) is 10.4 Å². The van der Waals surface area contributed by atoms with E-state index in [9.17, 15) is 4.79 Å². The molecule has 2 aromatic carbocycles. The van der Waals surface area contributed by atoms with Crippen LogP contribution in [0.1, 0.15) is 61.6 Å². The van der Waals surface area contributed by atoms with Crippen LogP contribution in [0.3, 0.4) is 0 Å². The van der Waals surface area contributed by atoms with Crippen LogP contribution >= 0.6 is 22.6 Å². The van der Waals surface area contributed by atoms with E-state index in [2.05, 4.69) is 151 Å². The number of nitrogens with one attached hydrogen (secondary N) is 2. The fraction of sp³-hybridized carbons (Fsp3) is 0.526. The van der Waals surface area contributed by atoms with Gasteiger partial charge in [0.05, 0.1) is 12.9 Å². The van der Waals surface area contributed by atoms with Crippen molar-refractivity contribution >= 4 is 78.4 Å². The molecule has 4 aromatic rings. The number of hydrogen-bond acceptors (Lipinski definition) is 8. The summed E-state index contributed by atoms with van der Waals surface area (Å²) in [5.74, 6) is -0.0284. The average Bonchev–Trinajstić information content (AvgIpc) is 3.62. The lowest BCUT2D eigenvalue weighted by Crippen LogP contribution is -2.68. The van der Waals surface area contributed by atoms with Gasteiger partial charge in [0.1, 0.15) is 11.7 Å². The van der Waals surface area contributed by atoms with Gasteiger partial charge in [-0.15, -0.1) is 0 Å². The molecule has 1 amide bonds. The molecule has 3 heterocycles. The fourth-order valence-corrected chi connectivity index (χ4v) is 13.3. The zero-order valence-electron chi connectivity index (χ0n) is 32.3. The summed E-state index contributed by atoms with van der Waals surface area (Å²) in [6, 6.07) is 20.8. The molecule has 52 heavy (non-hydrogen) atoms. The number of ether oxygens (including phenoxy) is 1. The monoisotopic (exact) mass is 860 g/mol. The summed E-state index contributed by atoms with van der Waals surface area (Å²) < 4.78 is 41.1. The summed E-state index contributed by atoms with van der Waals surface area (Å²) >= 11 is 2.29. The van der Waals surface area contributed by atoms with Gasteiger partial charge in [-0.05, 0) is 33.5 Å². The van der Waals surface area contributed by atoms with E-state index in [4.69, 9.17) is 13.6 Å². The normalized spacial score (nSPS) is 21.5. The van der Waals surface area contributed by atoms with Crippen molar-refractivity contribution in [1.82, 2.24) is 19.5 Å². The van der Waals surface area contributed by atoms with Gasteiger partial charge in [-0.2, -0.15) is 9.97 Å². The fourth-order valence-electron chi connectivity index (χ4n) is 6.53. The molecule has 5 rings (SSSR count). The molecule has 0 unspecified atom stereocenters. The number of alkyl halides is 2. The lowest BCUT2D eigenvalue weighted by Gasteiger charge is -2.47. The summed E-state index contributed by atoms with van der Waals surface area (Å²) in [6.07, 6.45) is -2.19. The van der Waals surface area contributed by atoms with Crippen LogP contribution in [0, 0.1) is 5.92 Å². The molecule has 2 N–H and O–H groups in total. The maximum atomic E-state index is 17.6. The molecule has 1 saturated heterocycles. The number of carbonyl (C=O) groups excluding carboxylic acids is 1. The Balaban J connectivity index is 1.66. The Morgan fingerprint density at radius 1 is 1.00 bits per heavy atom. The van der Waals surface area contributed by atoms with E-state index in [0.29, 0.717) is 21.4 Å². The predicted octanol–water partition coefficient (Wildman–Crippen LogP) is 7.47. The summed E-state index contributed by atoms with van der Waals surface area (Å²) in [4.78, 5) is 26.4. The average molecular weight is 861 g/mol. The van der Waals surface area contributed by atoms with Crippen LogP contribution in [-0.4, -0.2) is 78.0 Å². The van der Waals surface area contributed by atoms with Crippen molar-refractivity contribution in [2.75, 3.05) is 28.7 Å². The molecular weight excluding hydrogens is 807 g/mol. The summed E-state index contributed by atoms with van der Waals surface area (Å²) in [6.45, 7) is 21.1. The highest BCUT2D eigenvalue weighted by Crippen LogP contribution is 2.48. The zero-order valence-corrected chi connectivity index (χ0v) is 36.4. The first-order chi connectivity index (χ1) is 24.3. The molecule has 4 atom stereocenters. The van der Waals surface area contributed by atoms with Crippen molar-refractivity contribution < 1.29 is 22.8 Å². The van der Waals surface area contributed by atoms with Gasteiger partial charge >= 0.3 is 0 Å². The number of fused-ring (bicyclic) bond motifs is 1. The summed E-state index contributed by atoms with van der Waals surface area (Å²) in [7, 11) is -3.88. The van der Waals surface area contributed by atoms with Gasteiger partial charge in [0.2, 0.25) is 11.9 Å². The molecule has 0 radical (unpaired) electrons. The first-order valence-corrected chi connectivity index (χ1v) is 24.2. The molecule has 0 spiro atoms. The van der Waals surface area contributed by atoms with Gasteiger partial charge in [0.15, 0.2) is 37.7 Å². The number of amides is 1. The molecule has 0 aliphatic carbocycles. The van der Waals surface area contributed by atoms with Gasteiger partial charge in [0.25, 0.3) is 8.32 Å². The molecule has 0 saturated carbocycles. The smallest absolute Gasteiger partial charge is 0.261 e. The minimum atomic E-state index is -3.04. The van der Waals surface area contributed by atoms with E-state index in [1.807, 2.05) is 12.1 Å². The van der Waals surface area contributed by atoms with Crippen molar-refractivity contribution in [3.05, 3.63) is 67.0 Å². The number of aromatic nitrogens is 4. The van der Waals surface area contributed by atoms with Gasteiger partial charge in [-0.3, -0.25) is 14.7 Å². The Kier molecular flexibility index (Phi) is 11.8. The van der Waals surface area contributed by atoms with Crippen molar-refractivity contribution in [2.24, 2.45) is 5.92 Å². The van der Waals surface area contributed by atoms with E-state index in [1.165, 1.54) is 6.33 Å². The van der Waals surface area contributed by atoms with Crippen molar-refractivity contribution in [3.8, 4) is 0 Å². The second kappa shape index (κ2) is 15.2. The van der Waals surface area contributed by atoms with Crippen LogP contribution in [0.5, 0.6) is 0 Å². The first kappa shape index (κ1) is 40.4. The summed E-state index contributed by atoms with van der Waals surface area (Å²) in [5, 5.41) is 7.58. The van der Waals surface area contributed by atoms with Crippen LogP contribution in [0.15, 0.2) is 67.0 Å². The summed E-state index contributed by atoms with van der Waals surface area (Å²) in [5.41, 5.74) is -0.426. The number of carbonyl (C=O) groups is 1. The van der Waals surface area contributed by atoms with Crippen LogP contribution in [0.2, 0.25) is 23.2 Å². The van der Waals surface area contributed by atoms with Gasteiger partial charge in [-0.1, -0.05) is 139 Å². The Morgan fingerprint density at radius 2 is 1.58 bits per heavy atom. The zero-order chi connectivity index (χ0) is 38.3. The lowest BCUT2D eigenvalue weighted by molar-refractivity contribution is -0.118. The maximum Gasteiger partial charge on any atom is 0.261 e. The standard InChI is InChI=1S/C38H54FIN6O4Si2/c1-25(2)33(47)45-35-43-31(41-9)29-32(44-35)46(24-42-29)34-28(39)30(50-51(10,11)36(3,4)5)38(22-40,49-34)23-48-52(37(6,7)8,26-18-14-12-15-19-26)27-20-16-13-17-21-27/h12-21,24-25,28,30,34H,22-23H2,1-11H3,(H2,41,43,44,45,47)/t28-,30+,34-,38-/m1/s1. The first-order valence-electron chi connectivity index (χ1n) is 17.9. The molecular formula is C38H54FIN6O4Si2. The van der Waals surface area contributed by atoms with Gasteiger partial charge in [0, 0.05) is 17.4 Å². The Morgan fingerprint density at radius 3 is 2.06 bits per heavy atom. The minimum Gasteiger partial charge on any atom is -0.408 e. The number of anilines is 2. The van der Waals surface area contributed by atoms with Crippen LogP contribution in [-0.2, 0) is 18.4 Å². The quantitative estimate of drug-likeness (QED) is 0.0858. The number of imidazole rings is 1. The number of nitrogens with zero attached hydrogens (tertiary/aromatic N) is 4. The molecule has 10 nitrogen and oxygen atoms in total. The third-order valence-electron chi connectivity index (χ3n) is 10.5. The number of rotatable bonds is 12. The van der Waals surface area contributed by atoms with Crippen molar-refractivity contribution in [3.63, 3.8) is 0 Å². The molecule has 0 bridgehead atoms. The topological polar surface area (TPSA) is 112 Å². The molecule has 14 heteroatoms. The van der Waals surface area contributed by atoms with E-state index in [1.54, 1.807) is 25.5 Å². The third-order valence-corrected chi connectivity index (χ3v) is 21.3. The lowest BCUT2D eigenvalue weighted by atomic mass is 9.99. The Hall–Kier alpha value is -2.77.